The normalized spacial score (nSPS) is 15.1. The molecule has 7 heteroatoms. The highest BCUT2D eigenvalue weighted by Crippen LogP contribution is 2.24. The lowest BCUT2D eigenvalue weighted by atomic mass is 10.1. The minimum Gasteiger partial charge on any atom is -0.378 e. The molecule has 1 aliphatic rings. The van der Waals surface area contributed by atoms with Crippen LogP contribution in [0.2, 0.25) is 0 Å². The van der Waals surface area contributed by atoms with E-state index in [4.69, 9.17) is 4.74 Å². The van der Waals surface area contributed by atoms with Gasteiger partial charge in [0.1, 0.15) is 5.01 Å². The van der Waals surface area contributed by atoms with Gasteiger partial charge < -0.3 is 9.64 Å². The summed E-state index contributed by atoms with van der Waals surface area (Å²) < 4.78 is 31.4. The van der Waals surface area contributed by atoms with Crippen molar-refractivity contribution in [1.82, 2.24) is 9.88 Å². The lowest BCUT2D eigenvalue weighted by Gasteiger charge is -2.26. The molecule has 1 fully saturated rings. The van der Waals surface area contributed by atoms with E-state index in [1.54, 1.807) is 10.3 Å². The van der Waals surface area contributed by atoms with Crippen molar-refractivity contribution in [2.24, 2.45) is 0 Å². The number of benzene rings is 1. The van der Waals surface area contributed by atoms with Crippen molar-refractivity contribution in [3.63, 3.8) is 0 Å². The smallest absolute Gasteiger partial charge is 0.229 e. The topological polar surface area (TPSA) is 42.4 Å². The molecule has 116 valence electrons. The molecule has 0 bridgehead atoms. The molecule has 1 amide bonds. The lowest BCUT2D eigenvalue weighted by Crippen LogP contribution is -2.41. The van der Waals surface area contributed by atoms with E-state index in [1.807, 2.05) is 0 Å². The number of thiazole rings is 1. The van der Waals surface area contributed by atoms with Crippen molar-refractivity contribution in [2.75, 3.05) is 26.3 Å². The van der Waals surface area contributed by atoms with Crippen LogP contribution in [-0.2, 0) is 16.0 Å². The van der Waals surface area contributed by atoms with Gasteiger partial charge in [0.05, 0.1) is 25.3 Å². The van der Waals surface area contributed by atoms with E-state index in [0.29, 0.717) is 42.6 Å². The molecule has 0 aliphatic carbocycles. The number of amides is 1. The molecule has 1 aromatic carbocycles. The van der Waals surface area contributed by atoms with Crippen molar-refractivity contribution >= 4 is 17.2 Å². The van der Waals surface area contributed by atoms with Gasteiger partial charge in [0.15, 0.2) is 11.6 Å². The number of halogens is 2. The molecule has 2 heterocycles. The van der Waals surface area contributed by atoms with Gasteiger partial charge in [0, 0.05) is 24.0 Å². The van der Waals surface area contributed by atoms with Crippen LogP contribution >= 0.6 is 11.3 Å². The summed E-state index contributed by atoms with van der Waals surface area (Å²) in [6, 6.07) is 3.65. The molecule has 4 nitrogen and oxygen atoms in total. The van der Waals surface area contributed by atoms with E-state index in [1.165, 1.54) is 17.4 Å². The van der Waals surface area contributed by atoms with Crippen LogP contribution in [0, 0.1) is 11.6 Å². The van der Waals surface area contributed by atoms with E-state index in [9.17, 15) is 13.6 Å². The third kappa shape index (κ3) is 3.31. The Labute approximate surface area is 130 Å². The first-order chi connectivity index (χ1) is 10.6. The summed E-state index contributed by atoms with van der Waals surface area (Å²) in [7, 11) is 0. The van der Waals surface area contributed by atoms with Crippen LogP contribution in [0.3, 0.4) is 0 Å². The van der Waals surface area contributed by atoms with E-state index < -0.39 is 11.6 Å². The number of rotatable bonds is 3. The highest BCUT2D eigenvalue weighted by atomic mass is 32.1. The van der Waals surface area contributed by atoms with Crippen LogP contribution in [0.4, 0.5) is 8.78 Å². The Morgan fingerprint density at radius 3 is 2.77 bits per heavy atom. The zero-order chi connectivity index (χ0) is 15.5. The number of aromatic nitrogens is 1. The van der Waals surface area contributed by atoms with Crippen molar-refractivity contribution in [3.05, 3.63) is 40.2 Å². The highest BCUT2D eigenvalue weighted by molar-refractivity contribution is 7.10. The maximum absolute atomic E-state index is 13.3. The molecule has 0 atom stereocenters. The fraction of sp³-hybridized carbons (Fsp3) is 0.333. The Morgan fingerprint density at radius 1 is 1.27 bits per heavy atom. The molecular formula is C15H14F2N2O2S. The van der Waals surface area contributed by atoms with Crippen LogP contribution in [0.1, 0.15) is 5.01 Å². The third-order valence-corrected chi connectivity index (χ3v) is 4.28. The first kappa shape index (κ1) is 15.1. The van der Waals surface area contributed by atoms with E-state index in [0.717, 1.165) is 12.1 Å². The second-order valence-electron chi connectivity index (χ2n) is 4.93. The van der Waals surface area contributed by atoms with Gasteiger partial charge in [-0.2, -0.15) is 0 Å². The highest BCUT2D eigenvalue weighted by Gasteiger charge is 2.18. The third-order valence-electron chi connectivity index (χ3n) is 3.43. The maximum atomic E-state index is 13.3. The SMILES string of the molecule is O=C(Cc1nc(-c2ccc(F)c(F)c2)cs1)N1CCOCC1. The van der Waals surface area contributed by atoms with Gasteiger partial charge in [-0.25, -0.2) is 13.8 Å². The molecule has 3 rings (SSSR count). The number of nitrogens with zero attached hydrogens (tertiary/aromatic N) is 2. The monoisotopic (exact) mass is 324 g/mol. The number of hydrogen-bond acceptors (Lipinski definition) is 4. The summed E-state index contributed by atoms with van der Waals surface area (Å²) in [5, 5.41) is 2.41. The predicted octanol–water partition coefficient (Wildman–Crippen LogP) is 2.49. The molecule has 1 saturated heterocycles. The number of carbonyl (C=O) groups excluding carboxylic acids is 1. The van der Waals surface area contributed by atoms with Gasteiger partial charge in [-0.15, -0.1) is 11.3 Å². The Balaban J connectivity index is 1.70. The molecule has 0 spiro atoms. The quantitative estimate of drug-likeness (QED) is 0.871. The number of morpholine rings is 1. The van der Waals surface area contributed by atoms with Crippen molar-refractivity contribution in [2.45, 2.75) is 6.42 Å². The summed E-state index contributed by atoms with van der Waals surface area (Å²) in [6.45, 7) is 2.31. The summed E-state index contributed by atoms with van der Waals surface area (Å²) in [5.74, 6) is -1.78. The fourth-order valence-corrected chi connectivity index (χ4v) is 3.03. The van der Waals surface area contributed by atoms with Crippen molar-refractivity contribution in [1.29, 1.82) is 0 Å². The first-order valence-corrected chi connectivity index (χ1v) is 7.77. The average Bonchev–Trinajstić information content (AvgIpc) is 2.99. The van der Waals surface area contributed by atoms with Gasteiger partial charge in [0.25, 0.3) is 0 Å². The largest absolute Gasteiger partial charge is 0.378 e. The zero-order valence-electron chi connectivity index (χ0n) is 11.7. The van der Waals surface area contributed by atoms with Gasteiger partial charge >= 0.3 is 0 Å². The molecule has 0 radical (unpaired) electrons. The molecule has 0 saturated carbocycles. The van der Waals surface area contributed by atoms with Crippen molar-refractivity contribution < 1.29 is 18.3 Å². The summed E-state index contributed by atoms with van der Waals surface area (Å²) in [5.41, 5.74) is 1.05. The van der Waals surface area contributed by atoms with Gasteiger partial charge in [0.2, 0.25) is 5.91 Å². The maximum Gasteiger partial charge on any atom is 0.229 e. The van der Waals surface area contributed by atoms with Gasteiger partial charge in [-0.3, -0.25) is 4.79 Å². The Hall–Kier alpha value is -1.86. The Morgan fingerprint density at radius 2 is 2.05 bits per heavy atom. The van der Waals surface area contributed by atoms with E-state index in [2.05, 4.69) is 4.98 Å². The first-order valence-electron chi connectivity index (χ1n) is 6.89. The van der Waals surface area contributed by atoms with Crippen LogP contribution in [0.15, 0.2) is 23.6 Å². The summed E-state index contributed by atoms with van der Waals surface area (Å²) in [6.07, 6.45) is 0.217. The second-order valence-corrected chi connectivity index (χ2v) is 5.87. The van der Waals surface area contributed by atoms with Crippen molar-refractivity contribution in [3.8, 4) is 11.3 Å². The molecule has 0 unspecified atom stereocenters. The summed E-state index contributed by atoms with van der Waals surface area (Å²) in [4.78, 5) is 18.2. The molecule has 2 aromatic rings. The molecule has 1 aliphatic heterocycles. The van der Waals surface area contributed by atoms with Crippen LogP contribution in [0.5, 0.6) is 0 Å². The van der Waals surface area contributed by atoms with Gasteiger partial charge in [-0.05, 0) is 18.2 Å². The van der Waals surface area contributed by atoms with Crippen LogP contribution in [-0.4, -0.2) is 42.1 Å². The van der Waals surface area contributed by atoms with E-state index in [-0.39, 0.29) is 12.3 Å². The van der Waals surface area contributed by atoms with Gasteiger partial charge in [-0.1, -0.05) is 0 Å². The van der Waals surface area contributed by atoms with Crippen LogP contribution < -0.4 is 0 Å². The predicted molar refractivity (Wildman–Crippen MR) is 78.6 cm³/mol. The standard InChI is InChI=1S/C15H14F2N2O2S/c16-11-2-1-10(7-12(11)17)13-9-22-14(18-13)8-15(20)19-3-5-21-6-4-19/h1-2,7,9H,3-6,8H2. The zero-order valence-corrected chi connectivity index (χ0v) is 12.5. The minimum absolute atomic E-state index is 0.00878. The van der Waals surface area contributed by atoms with E-state index >= 15 is 0 Å². The van der Waals surface area contributed by atoms with Crippen LogP contribution in [0.25, 0.3) is 11.3 Å². The molecule has 0 N–H and O–H groups in total. The number of ether oxygens (including phenoxy) is 1. The number of hydrogen-bond donors (Lipinski definition) is 0. The Kier molecular flexibility index (Phi) is 4.44. The number of carbonyl (C=O) groups is 1. The minimum atomic E-state index is -0.906. The molecule has 1 aromatic heterocycles. The molecule has 22 heavy (non-hydrogen) atoms. The average molecular weight is 324 g/mol. The lowest BCUT2D eigenvalue weighted by molar-refractivity contribution is -0.134. The second kappa shape index (κ2) is 6.50. The molecular weight excluding hydrogens is 310 g/mol. The Bertz CT molecular complexity index is 684. The summed E-state index contributed by atoms with van der Waals surface area (Å²) >= 11 is 1.34. The fourth-order valence-electron chi connectivity index (χ4n) is 2.23.